The summed E-state index contributed by atoms with van der Waals surface area (Å²) in [6, 6.07) is 7.98. The van der Waals surface area contributed by atoms with Crippen LogP contribution in [0, 0.1) is 5.92 Å². The molecule has 1 aromatic carbocycles. The zero-order valence-corrected chi connectivity index (χ0v) is 14.1. The maximum atomic E-state index is 11.7. The fraction of sp³-hybridized carbons (Fsp3) is 0.500. The quantitative estimate of drug-likeness (QED) is 0.593. The Kier molecular flexibility index (Phi) is 5.66. The molecule has 5 heteroatoms. The number of benzene rings is 1. The number of urea groups is 1. The molecular weight excluding hydrogens is 290 g/mol. The Morgan fingerprint density at radius 1 is 1.30 bits per heavy atom. The highest BCUT2D eigenvalue weighted by Crippen LogP contribution is 2.18. The number of aromatic amines is 1. The average Bonchev–Trinajstić information content (AvgIpc) is 2.93. The lowest BCUT2D eigenvalue weighted by Crippen LogP contribution is -2.47. The fourth-order valence-corrected chi connectivity index (χ4v) is 2.35. The zero-order valence-electron chi connectivity index (χ0n) is 14.1. The molecule has 23 heavy (non-hydrogen) atoms. The molecule has 0 bridgehead atoms. The molecule has 2 amide bonds. The number of nitrogens with one attached hydrogen (secondary N) is 3. The Morgan fingerprint density at radius 3 is 2.78 bits per heavy atom. The Labute approximate surface area is 137 Å². The Morgan fingerprint density at radius 2 is 2.04 bits per heavy atom. The van der Waals surface area contributed by atoms with Crippen molar-refractivity contribution in [3.63, 3.8) is 0 Å². The molecule has 0 spiro atoms. The van der Waals surface area contributed by atoms with Gasteiger partial charge in [0.1, 0.15) is 0 Å². The van der Waals surface area contributed by atoms with Crippen LogP contribution in [0.3, 0.4) is 0 Å². The SMILES string of the molecule is CC(C)C(C)(O)CNC(=O)NCCCc1c[nH]c2ccccc12. The second-order valence-corrected chi connectivity index (χ2v) is 6.58. The van der Waals surface area contributed by atoms with Gasteiger partial charge in [-0.3, -0.25) is 0 Å². The van der Waals surface area contributed by atoms with Crippen molar-refractivity contribution >= 4 is 16.9 Å². The number of aromatic nitrogens is 1. The lowest BCUT2D eigenvalue weighted by molar-refractivity contribution is 0.0166. The standard InChI is InChI=1S/C18H27N3O2/c1-13(2)18(3,23)12-21-17(22)19-10-6-7-14-11-20-16-9-5-4-8-15(14)16/h4-5,8-9,11,13,20,23H,6-7,10,12H2,1-3H3,(H2,19,21,22). The Hall–Kier alpha value is -2.01. The smallest absolute Gasteiger partial charge is 0.314 e. The van der Waals surface area contributed by atoms with Gasteiger partial charge in [0.15, 0.2) is 0 Å². The van der Waals surface area contributed by atoms with Gasteiger partial charge >= 0.3 is 6.03 Å². The van der Waals surface area contributed by atoms with Crippen molar-refractivity contribution in [3.8, 4) is 0 Å². The van der Waals surface area contributed by atoms with E-state index in [1.165, 1.54) is 10.9 Å². The third-order valence-electron chi connectivity index (χ3n) is 4.43. The van der Waals surface area contributed by atoms with Gasteiger partial charge in [-0.25, -0.2) is 4.79 Å². The van der Waals surface area contributed by atoms with E-state index in [4.69, 9.17) is 0 Å². The van der Waals surface area contributed by atoms with Crippen LogP contribution in [0.15, 0.2) is 30.5 Å². The van der Waals surface area contributed by atoms with E-state index in [9.17, 15) is 9.90 Å². The van der Waals surface area contributed by atoms with Crippen LogP contribution < -0.4 is 10.6 Å². The lowest BCUT2D eigenvalue weighted by atomic mass is 9.93. The van der Waals surface area contributed by atoms with Crippen LogP contribution >= 0.6 is 0 Å². The van der Waals surface area contributed by atoms with Gasteiger partial charge in [-0.1, -0.05) is 32.0 Å². The second kappa shape index (κ2) is 7.51. The summed E-state index contributed by atoms with van der Waals surface area (Å²) >= 11 is 0. The van der Waals surface area contributed by atoms with Crippen molar-refractivity contribution in [3.05, 3.63) is 36.0 Å². The van der Waals surface area contributed by atoms with Crippen molar-refractivity contribution < 1.29 is 9.90 Å². The number of para-hydroxylation sites is 1. The first-order valence-electron chi connectivity index (χ1n) is 8.19. The minimum absolute atomic E-state index is 0.0877. The number of amides is 2. The van der Waals surface area contributed by atoms with Gasteiger partial charge in [0.05, 0.1) is 5.60 Å². The third kappa shape index (κ3) is 4.73. The van der Waals surface area contributed by atoms with Crippen molar-refractivity contribution in [2.75, 3.05) is 13.1 Å². The van der Waals surface area contributed by atoms with Gasteiger partial charge in [0.25, 0.3) is 0 Å². The number of H-pyrrole nitrogens is 1. The fourth-order valence-electron chi connectivity index (χ4n) is 2.35. The van der Waals surface area contributed by atoms with Gasteiger partial charge in [0, 0.05) is 30.2 Å². The number of rotatable bonds is 7. The molecule has 4 N–H and O–H groups in total. The normalized spacial score (nSPS) is 14.0. The first kappa shape index (κ1) is 17.3. The maximum Gasteiger partial charge on any atom is 0.314 e. The molecule has 0 aliphatic heterocycles. The van der Waals surface area contributed by atoms with E-state index in [1.807, 2.05) is 32.2 Å². The molecule has 0 saturated carbocycles. The van der Waals surface area contributed by atoms with Crippen molar-refractivity contribution in [2.24, 2.45) is 5.92 Å². The van der Waals surface area contributed by atoms with Gasteiger partial charge in [-0.2, -0.15) is 0 Å². The number of hydrogen-bond donors (Lipinski definition) is 4. The number of carbonyl (C=O) groups excluding carboxylic acids is 1. The third-order valence-corrected chi connectivity index (χ3v) is 4.43. The van der Waals surface area contributed by atoms with E-state index >= 15 is 0 Å². The predicted molar refractivity (Wildman–Crippen MR) is 93.5 cm³/mol. The summed E-state index contributed by atoms with van der Waals surface area (Å²) in [5, 5.41) is 16.9. The van der Waals surface area contributed by atoms with Crippen LogP contribution in [0.1, 0.15) is 32.8 Å². The lowest BCUT2D eigenvalue weighted by Gasteiger charge is -2.27. The molecule has 2 rings (SSSR count). The van der Waals surface area contributed by atoms with Crippen molar-refractivity contribution in [1.29, 1.82) is 0 Å². The zero-order chi connectivity index (χ0) is 16.9. The van der Waals surface area contributed by atoms with E-state index < -0.39 is 5.60 Å². The van der Waals surface area contributed by atoms with E-state index in [-0.39, 0.29) is 18.5 Å². The summed E-state index contributed by atoms with van der Waals surface area (Å²) in [5.41, 5.74) is 1.52. The topological polar surface area (TPSA) is 77.2 Å². The largest absolute Gasteiger partial charge is 0.388 e. The minimum atomic E-state index is -0.888. The summed E-state index contributed by atoms with van der Waals surface area (Å²) < 4.78 is 0. The number of hydrogen-bond acceptors (Lipinski definition) is 2. The van der Waals surface area contributed by atoms with E-state index in [0.717, 1.165) is 18.4 Å². The molecule has 126 valence electrons. The van der Waals surface area contributed by atoms with Crippen LogP contribution in [-0.4, -0.2) is 34.8 Å². The molecule has 1 aromatic heterocycles. The molecule has 1 atom stereocenters. The summed E-state index contributed by atoms with van der Waals surface area (Å²) in [4.78, 5) is 15.0. The molecular formula is C18H27N3O2. The molecule has 0 aliphatic carbocycles. The van der Waals surface area contributed by atoms with Crippen LogP contribution in [0.25, 0.3) is 10.9 Å². The highest BCUT2D eigenvalue weighted by Gasteiger charge is 2.25. The Bertz CT molecular complexity index is 647. The number of carbonyl (C=O) groups is 1. The molecule has 5 nitrogen and oxygen atoms in total. The van der Waals surface area contributed by atoms with Crippen LogP contribution in [0.5, 0.6) is 0 Å². The summed E-state index contributed by atoms with van der Waals surface area (Å²) in [5.74, 6) is 0.0877. The van der Waals surface area contributed by atoms with Crippen molar-refractivity contribution in [1.82, 2.24) is 15.6 Å². The van der Waals surface area contributed by atoms with Crippen molar-refractivity contribution in [2.45, 2.75) is 39.2 Å². The summed E-state index contributed by atoms with van der Waals surface area (Å²) in [7, 11) is 0. The number of aryl methyl sites for hydroxylation is 1. The minimum Gasteiger partial charge on any atom is -0.388 e. The van der Waals surface area contributed by atoms with E-state index in [0.29, 0.717) is 6.54 Å². The highest BCUT2D eigenvalue weighted by atomic mass is 16.3. The average molecular weight is 317 g/mol. The van der Waals surface area contributed by atoms with Crippen LogP contribution in [-0.2, 0) is 6.42 Å². The monoisotopic (exact) mass is 317 g/mol. The number of aliphatic hydroxyl groups is 1. The predicted octanol–water partition coefficient (Wildman–Crippen LogP) is 2.81. The summed E-state index contributed by atoms with van der Waals surface area (Å²) in [6.07, 6.45) is 3.81. The van der Waals surface area contributed by atoms with Gasteiger partial charge in [-0.15, -0.1) is 0 Å². The van der Waals surface area contributed by atoms with Crippen LogP contribution in [0.2, 0.25) is 0 Å². The molecule has 1 heterocycles. The molecule has 1 unspecified atom stereocenters. The van der Waals surface area contributed by atoms with Gasteiger partial charge < -0.3 is 20.7 Å². The molecule has 0 aliphatic rings. The molecule has 0 fully saturated rings. The number of fused-ring (bicyclic) bond motifs is 1. The first-order valence-corrected chi connectivity index (χ1v) is 8.19. The van der Waals surface area contributed by atoms with Crippen LogP contribution in [0.4, 0.5) is 4.79 Å². The first-order chi connectivity index (χ1) is 10.9. The van der Waals surface area contributed by atoms with E-state index in [1.54, 1.807) is 6.92 Å². The molecule has 0 saturated heterocycles. The van der Waals surface area contributed by atoms with Gasteiger partial charge in [-0.05, 0) is 37.3 Å². The Balaban J connectivity index is 1.70. The molecule has 0 radical (unpaired) electrons. The van der Waals surface area contributed by atoms with E-state index in [2.05, 4.69) is 27.8 Å². The molecule has 2 aromatic rings. The maximum absolute atomic E-state index is 11.7. The highest BCUT2D eigenvalue weighted by molar-refractivity contribution is 5.83. The van der Waals surface area contributed by atoms with Gasteiger partial charge in [0.2, 0.25) is 0 Å². The second-order valence-electron chi connectivity index (χ2n) is 6.58. The summed E-state index contributed by atoms with van der Waals surface area (Å²) in [6.45, 7) is 6.45.